The summed E-state index contributed by atoms with van der Waals surface area (Å²) in [6.45, 7) is 9.09. The van der Waals surface area contributed by atoms with Crippen LogP contribution in [0.2, 0.25) is 0 Å². The highest BCUT2D eigenvalue weighted by molar-refractivity contribution is 5.87. The highest BCUT2D eigenvalue weighted by Crippen LogP contribution is 2.38. The van der Waals surface area contributed by atoms with Gasteiger partial charge in [0.2, 0.25) is 11.8 Å². The Morgan fingerprint density at radius 1 is 0.281 bits per heavy atom. The summed E-state index contributed by atoms with van der Waals surface area (Å²) in [7, 11) is 0. The maximum atomic E-state index is 13.7. The molecule has 0 saturated carbocycles. The van der Waals surface area contributed by atoms with Crippen LogP contribution in [0, 0.1) is 0 Å². The van der Waals surface area contributed by atoms with Crippen LogP contribution in [0.25, 0.3) is 0 Å². The fourth-order valence-electron chi connectivity index (χ4n) is 9.01. The Labute approximate surface area is 357 Å². The second-order valence-corrected chi connectivity index (χ2v) is 18.5. The SMILES string of the molecule is CCCCCCCCCCCCC(CCCCCCCCCCCC)(OC(CCCCCCCCCCCC)(CCCCCCCCCCCC)C(N)=O)C(N)=O. The van der Waals surface area contributed by atoms with Crippen molar-refractivity contribution in [2.45, 2.75) is 321 Å². The van der Waals surface area contributed by atoms with Gasteiger partial charge < -0.3 is 16.2 Å². The quantitative estimate of drug-likeness (QED) is 0.0600. The molecule has 57 heavy (non-hydrogen) atoms. The molecule has 0 aromatic rings. The number of carbonyl (C=O) groups excluding carboxylic acids is 2. The minimum absolute atomic E-state index is 0.383. The number of hydrogen-bond acceptors (Lipinski definition) is 3. The first kappa shape index (κ1) is 55.9. The summed E-state index contributed by atoms with van der Waals surface area (Å²) in [5, 5.41) is 0. The minimum atomic E-state index is -1.13. The number of primary amides is 2. The third-order valence-electron chi connectivity index (χ3n) is 13.0. The van der Waals surface area contributed by atoms with Crippen LogP contribution in [-0.4, -0.2) is 23.0 Å². The number of hydrogen-bond donors (Lipinski definition) is 2. The molecular formula is C52H104N2O3. The van der Waals surface area contributed by atoms with Gasteiger partial charge in [-0.25, -0.2) is 0 Å². The molecule has 2 amide bonds. The highest BCUT2D eigenvalue weighted by atomic mass is 16.5. The molecule has 0 aliphatic heterocycles. The Hall–Kier alpha value is -1.10. The molecule has 0 radical (unpaired) electrons. The van der Waals surface area contributed by atoms with Gasteiger partial charge in [-0.05, 0) is 25.7 Å². The van der Waals surface area contributed by atoms with Crippen molar-refractivity contribution in [2.75, 3.05) is 0 Å². The molecule has 0 spiro atoms. The molecule has 0 rings (SSSR count). The summed E-state index contributed by atoms with van der Waals surface area (Å²) in [6, 6.07) is 0. The van der Waals surface area contributed by atoms with E-state index >= 15 is 0 Å². The number of rotatable bonds is 48. The van der Waals surface area contributed by atoms with Gasteiger partial charge in [-0.1, -0.05) is 285 Å². The summed E-state index contributed by atoms with van der Waals surface area (Å²) >= 11 is 0. The van der Waals surface area contributed by atoms with Crippen molar-refractivity contribution < 1.29 is 14.3 Å². The van der Waals surface area contributed by atoms with Gasteiger partial charge in [-0.2, -0.15) is 0 Å². The van der Waals surface area contributed by atoms with E-state index in [1.54, 1.807) is 0 Å². The second-order valence-electron chi connectivity index (χ2n) is 18.5. The van der Waals surface area contributed by atoms with Crippen molar-refractivity contribution in [2.24, 2.45) is 11.5 Å². The van der Waals surface area contributed by atoms with Crippen molar-refractivity contribution in [3.05, 3.63) is 0 Å². The van der Waals surface area contributed by atoms with Crippen molar-refractivity contribution in [3.63, 3.8) is 0 Å². The Bertz CT molecular complexity index is 744. The average Bonchev–Trinajstić information content (AvgIpc) is 3.20. The van der Waals surface area contributed by atoms with E-state index in [9.17, 15) is 9.59 Å². The van der Waals surface area contributed by atoms with Gasteiger partial charge in [0.05, 0.1) is 0 Å². The molecule has 0 unspecified atom stereocenters. The van der Waals surface area contributed by atoms with Crippen molar-refractivity contribution in [3.8, 4) is 0 Å². The standard InChI is InChI=1S/C52H104N2O3/c1-5-9-13-17-21-25-29-33-37-41-45-51(49(53)55,46-42-38-34-30-26-22-18-14-10-6-2)57-52(50(54)56,47-43-39-35-31-27-23-19-15-11-7-3)48-44-40-36-32-28-24-20-16-12-8-4/h5-48H2,1-4H3,(H2,53,55)(H2,54,56). The number of unbranched alkanes of at least 4 members (excludes halogenated alkanes) is 36. The van der Waals surface area contributed by atoms with Crippen LogP contribution in [-0.2, 0) is 14.3 Å². The van der Waals surface area contributed by atoms with E-state index in [4.69, 9.17) is 16.2 Å². The summed E-state index contributed by atoms with van der Waals surface area (Å²) in [5.41, 5.74) is 10.6. The predicted octanol–water partition coefficient (Wildman–Crippen LogP) is 16.7. The average molecular weight is 805 g/mol. The zero-order chi connectivity index (χ0) is 42.0. The first-order valence-electron chi connectivity index (χ1n) is 26.1. The van der Waals surface area contributed by atoms with Gasteiger partial charge in [0, 0.05) is 0 Å². The highest BCUT2D eigenvalue weighted by Gasteiger charge is 2.48. The molecule has 0 aromatic heterocycles. The number of amides is 2. The molecule has 0 saturated heterocycles. The molecular weight excluding hydrogens is 701 g/mol. The normalized spacial score (nSPS) is 12.1. The van der Waals surface area contributed by atoms with Crippen LogP contribution in [0.1, 0.15) is 310 Å². The number of nitrogens with two attached hydrogens (primary N) is 2. The maximum absolute atomic E-state index is 13.7. The lowest BCUT2D eigenvalue weighted by molar-refractivity contribution is -0.189. The molecule has 0 aromatic carbocycles. The van der Waals surface area contributed by atoms with Gasteiger partial charge in [0.25, 0.3) is 0 Å². The fraction of sp³-hybridized carbons (Fsp3) is 0.962. The maximum Gasteiger partial charge on any atom is 0.249 e. The zero-order valence-electron chi connectivity index (χ0n) is 39.5. The van der Waals surface area contributed by atoms with E-state index in [1.165, 1.54) is 205 Å². The molecule has 0 bridgehead atoms. The lowest BCUT2D eigenvalue weighted by Crippen LogP contribution is -2.57. The lowest BCUT2D eigenvalue weighted by Gasteiger charge is -2.41. The van der Waals surface area contributed by atoms with E-state index in [0.29, 0.717) is 25.7 Å². The molecule has 0 aliphatic rings. The van der Waals surface area contributed by atoms with E-state index in [2.05, 4.69) is 27.7 Å². The Morgan fingerprint density at radius 2 is 0.421 bits per heavy atom. The molecule has 0 fully saturated rings. The molecule has 0 aliphatic carbocycles. The summed E-state index contributed by atoms with van der Waals surface area (Å²) in [4.78, 5) is 27.5. The number of carbonyl (C=O) groups is 2. The van der Waals surface area contributed by atoms with Crippen LogP contribution in [0.15, 0.2) is 0 Å². The largest absolute Gasteiger partial charge is 0.367 e. The van der Waals surface area contributed by atoms with E-state index in [0.717, 1.165) is 51.4 Å². The molecule has 0 heterocycles. The lowest BCUT2D eigenvalue weighted by atomic mass is 9.83. The third kappa shape index (κ3) is 32.4. The molecule has 4 N–H and O–H groups in total. The topological polar surface area (TPSA) is 95.4 Å². The van der Waals surface area contributed by atoms with Crippen molar-refractivity contribution in [1.82, 2.24) is 0 Å². The molecule has 5 heteroatoms. The van der Waals surface area contributed by atoms with Gasteiger partial charge in [-0.15, -0.1) is 0 Å². The van der Waals surface area contributed by atoms with Crippen LogP contribution in [0.3, 0.4) is 0 Å². The predicted molar refractivity (Wildman–Crippen MR) is 251 cm³/mol. The van der Waals surface area contributed by atoms with Crippen molar-refractivity contribution in [1.29, 1.82) is 0 Å². The first-order chi connectivity index (χ1) is 27.8. The smallest absolute Gasteiger partial charge is 0.249 e. The Morgan fingerprint density at radius 3 is 0.561 bits per heavy atom. The van der Waals surface area contributed by atoms with Gasteiger partial charge in [-0.3, -0.25) is 9.59 Å². The van der Waals surface area contributed by atoms with Gasteiger partial charge in [0.15, 0.2) is 0 Å². The van der Waals surface area contributed by atoms with E-state index in [1.807, 2.05) is 0 Å². The second kappa shape index (κ2) is 41.6. The van der Waals surface area contributed by atoms with Crippen LogP contribution in [0.5, 0.6) is 0 Å². The number of ether oxygens (including phenoxy) is 1. The van der Waals surface area contributed by atoms with Crippen LogP contribution in [0.4, 0.5) is 0 Å². The van der Waals surface area contributed by atoms with Crippen molar-refractivity contribution >= 4 is 11.8 Å². The van der Waals surface area contributed by atoms with Gasteiger partial charge >= 0.3 is 0 Å². The molecule has 0 atom stereocenters. The Kier molecular flexibility index (Phi) is 40.8. The van der Waals surface area contributed by atoms with Crippen LogP contribution < -0.4 is 11.5 Å². The summed E-state index contributed by atoms with van der Waals surface area (Å²) in [6.07, 6.45) is 51.9. The summed E-state index contributed by atoms with van der Waals surface area (Å²) in [5.74, 6) is -0.766. The van der Waals surface area contributed by atoms with Crippen LogP contribution >= 0.6 is 0 Å². The van der Waals surface area contributed by atoms with E-state index < -0.39 is 11.2 Å². The molecule has 340 valence electrons. The first-order valence-corrected chi connectivity index (χ1v) is 26.1. The Balaban J connectivity index is 5.71. The fourth-order valence-corrected chi connectivity index (χ4v) is 9.01. The third-order valence-corrected chi connectivity index (χ3v) is 13.0. The monoisotopic (exact) mass is 805 g/mol. The van der Waals surface area contributed by atoms with Gasteiger partial charge in [0.1, 0.15) is 11.2 Å². The minimum Gasteiger partial charge on any atom is -0.367 e. The van der Waals surface area contributed by atoms with E-state index in [-0.39, 0.29) is 11.8 Å². The zero-order valence-corrected chi connectivity index (χ0v) is 39.5. The summed E-state index contributed by atoms with van der Waals surface area (Å²) < 4.78 is 7.13. The molecule has 5 nitrogen and oxygen atoms in total.